The van der Waals surface area contributed by atoms with E-state index in [-0.39, 0.29) is 0 Å². The zero-order chi connectivity index (χ0) is 14.5. The summed E-state index contributed by atoms with van der Waals surface area (Å²) in [6.07, 6.45) is 0. The summed E-state index contributed by atoms with van der Waals surface area (Å²) >= 11 is 6.03. The number of hydrogen-bond donors (Lipinski definition) is 1. The number of aryl methyl sites for hydroxylation is 2. The Labute approximate surface area is 125 Å². The molecule has 0 spiro atoms. The largest absolute Gasteiger partial charge is 0.457 e. The lowest BCUT2D eigenvalue weighted by Crippen LogP contribution is -2.11. The minimum atomic E-state index is 0.759. The lowest BCUT2D eigenvalue weighted by Gasteiger charge is -2.12. The number of ether oxygens (including phenoxy) is 1. The van der Waals surface area contributed by atoms with E-state index in [0.717, 1.165) is 40.7 Å². The predicted molar refractivity (Wildman–Crippen MR) is 84.8 cm³/mol. The molecule has 3 heteroatoms. The molecule has 0 atom stereocenters. The van der Waals surface area contributed by atoms with Gasteiger partial charge in [-0.05, 0) is 61.3 Å². The Morgan fingerprint density at radius 1 is 1.05 bits per heavy atom. The Kier molecular flexibility index (Phi) is 5.05. The Bertz CT molecular complexity index is 596. The average molecular weight is 290 g/mol. The summed E-state index contributed by atoms with van der Waals surface area (Å²) in [6, 6.07) is 12.0. The van der Waals surface area contributed by atoms with E-state index in [1.807, 2.05) is 25.1 Å². The van der Waals surface area contributed by atoms with Gasteiger partial charge < -0.3 is 10.1 Å². The highest BCUT2D eigenvalue weighted by atomic mass is 35.5. The quantitative estimate of drug-likeness (QED) is 0.849. The summed E-state index contributed by atoms with van der Waals surface area (Å²) in [7, 11) is 0. The maximum atomic E-state index is 6.03. The summed E-state index contributed by atoms with van der Waals surface area (Å²) in [5.41, 5.74) is 3.36. The number of nitrogens with one attached hydrogen (secondary N) is 1. The lowest BCUT2D eigenvalue weighted by molar-refractivity contribution is 0.477. The maximum absolute atomic E-state index is 6.03. The Morgan fingerprint density at radius 3 is 2.55 bits per heavy atom. The highest BCUT2D eigenvalue weighted by molar-refractivity contribution is 6.31. The Morgan fingerprint density at radius 2 is 1.85 bits per heavy atom. The monoisotopic (exact) mass is 289 g/mol. The fourth-order valence-corrected chi connectivity index (χ4v) is 2.06. The smallest absolute Gasteiger partial charge is 0.130 e. The van der Waals surface area contributed by atoms with Gasteiger partial charge in [0.2, 0.25) is 0 Å². The first-order chi connectivity index (χ1) is 9.60. The van der Waals surface area contributed by atoms with Crippen molar-refractivity contribution in [3.8, 4) is 11.5 Å². The van der Waals surface area contributed by atoms with Crippen LogP contribution in [0.1, 0.15) is 23.6 Å². The number of benzene rings is 2. The molecule has 0 unspecified atom stereocenters. The van der Waals surface area contributed by atoms with Crippen molar-refractivity contribution in [3.05, 3.63) is 58.1 Å². The molecule has 0 aromatic heterocycles. The van der Waals surface area contributed by atoms with Crippen molar-refractivity contribution in [2.75, 3.05) is 6.54 Å². The van der Waals surface area contributed by atoms with Crippen molar-refractivity contribution in [2.24, 2.45) is 0 Å². The van der Waals surface area contributed by atoms with E-state index in [2.05, 4.69) is 37.4 Å². The highest BCUT2D eigenvalue weighted by Gasteiger charge is 2.05. The first kappa shape index (κ1) is 14.9. The average Bonchev–Trinajstić information content (AvgIpc) is 2.44. The fraction of sp³-hybridized carbons (Fsp3) is 0.294. The molecule has 2 aromatic carbocycles. The molecule has 2 nitrogen and oxygen atoms in total. The van der Waals surface area contributed by atoms with Crippen molar-refractivity contribution in [2.45, 2.75) is 27.3 Å². The van der Waals surface area contributed by atoms with E-state index in [4.69, 9.17) is 16.3 Å². The zero-order valence-corrected chi connectivity index (χ0v) is 12.9. The first-order valence-corrected chi connectivity index (χ1v) is 7.22. The predicted octanol–water partition coefficient (Wildman–Crippen LogP) is 4.86. The number of rotatable bonds is 5. The summed E-state index contributed by atoms with van der Waals surface area (Å²) in [6.45, 7) is 7.94. The second kappa shape index (κ2) is 6.78. The standard InChI is InChI=1S/C17H20ClNO/c1-4-19-11-14-6-5-12(2)17(10-14)20-15-7-8-16(18)13(3)9-15/h5-10,19H,4,11H2,1-3H3. The van der Waals surface area contributed by atoms with Gasteiger partial charge in [-0.15, -0.1) is 0 Å². The lowest BCUT2D eigenvalue weighted by atomic mass is 10.1. The van der Waals surface area contributed by atoms with Crippen LogP contribution in [0.2, 0.25) is 5.02 Å². The topological polar surface area (TPSA) is 21.3 Å². The molecule has 0 aliphatic rings. The molecular weight excluding hydrogens is 270 g/mol. The second-order valence-corrected chi connectivity index (χ2v) is 5.30. The molecule has 0 heterocycles. The molecule has 2 rings (SSSR count). The van der Waals surface area contributed by atoms with Crippen LogP contribution < -0.4 is 10.1 Å². The van der Waals surface area contributed by atoms with Gasteiger partial charge in [0.05, 0.1) is 0 Å². The minimum Gasteiger partial charge on any atom is -0.457 e. The van der Waals surface area contributed by atoms with Crippen LogP contribution in [-0.2, 0) is 6.54 Å². The molecular formula is C17H20ClNO. The number of hydrogen-bond acceptors (Lipinski definition) is 2. The normalized spacial score (nSPS) is 10.6. The van der Waals surface area contributed by atoms with Gasteiger partial charge in [-0.1, -0.05) is 30.7 Å². The Balaban J connectivity index is 2.20. The van der Waals surface area contributed by atoms with Crippen LogP contribution in [0.15, 0.2) is 36.4 Å². The molecule has 0 aliphatic heterocycles. The SMILES string of the molecule is CCNCc1ccc(C)c(Oc2ccc(Cl)c(C)c2)c1. The highest BCUT2D eigenvalue weighted by Crippen LogP contribution is 2.28. The second-order valence-electron chi connectivity index (χ2n) is 4.89. The third-order valence-corrected chi connectivity index (χ3v) is 3.61. The van der Waals surface area contributed by atoms with Gasteiger partial charge in [0.25, 0.3) is 0 Å². The molecule has 0 saturated carbocycles. The van der Waals surface area contributed by atoms with Crippen molar-refractivity contribution >= 4 is 11.6 Å². The minimum absolute atomic E-state index is 0.759. The van der Waals surface area contributed by atoms with E-state index < -0.39 is 0 Å². The van der Waals surface area contributed by atoms with E-state index in [1.54, 1.807) is 0 Å². The van der Waals surface area contributed by atoms with Crippen LogP contribution in [0.4, 0.5) is 0 Å². The third-order valence-electron chi connectivity index (χ3n) is 3.19. The van der Waals surface area contributed by atoms with Crippen molar-refractivity contribution in [1.82, 2.24) is 5.32 Å². The zero-order valence-electron chi connectivity index (χ0n) is 12.2. The van der Waals surface area contributed by atoms with Crippen LogP contribution in [0.3, 0.4) is 0 Å². The van der Waals surface area contributed by atoms with E-state index in [1.165, 1.54) is 5.56 Å². The third kappa shape index (κ3) is 3.75. The first-order valence-electron chi connectivity index (χ1n) is 6.84. The molecule has 0 aliphatic carbocycles. The van der Waals surface area contributed by atoms with Gasteiger partial charge in [0.1, 0.15) is 11.5 Å². The summed E-state index contributed by atoms with van der Waals surface area (Å²) < 4.78 is 5.98. The van der Waals surface area contributed by atoms with Crippen molar-refractivity contribution in [3.63, 3.8) is 0 Å². The van der Waals surface area contributed by atoms with E-state index in [9.17, 15) is 0 Å². The molecule has 1 N–H and O–H groups in total. The summed E-state index contributed by atoms with van der Waals surface area (Å²) in [4.78, 5) is 0. The molecule has 106 valence electrons. The van der Waals surface area contributed by atoms with Crippen LogP contribution in [0, 0.1) is 13.8 Å². The fourth-order valence-electron chi connectivity index (χ4n) is 1.94. The summed E-state index contributed by atoms with van der Waals surface area (Å²) in [5, 5.41) is 4.08. The molecule has 0 saturated heterocycles. The van der Waals surface area contributed by atoms with Gasteiger partial charge in [-0.3, -0.25) is 0 Å². The Hall–Kier alpha value is -1.51. The van der Waals surface area contributed by atoms with Crippen molar-refractivity contribution in [1.29, 1.82) is 0 Å². The molecule has 2 aromatic rings. The molecule has 0 amide bonds. The van der Waals surface area contributed by atoms with E-state index >= 15 is 0 Å². The van der Waals surface area contributed by atoms with Crippen LogP contribution >= 0.6 is 11.6 Å². The summed E-state index contributed by atoms with van der Waals surface area (Å²) in [5.74, 6) is 1.71. The molecule has 20 heavy (non-hydrogen) atoms. The maximum Gasteiger partial charge on any atom is 0.130 e. The number of halogens is 1. The van der Waals surface area contributed by atoms with Gasteiger partial charge in [-0.2, -0.15) is 0 Å². The van der Waals surface area contributed by atoms with Gasteiger partial charge >= 0.3 is 0 Å². The van der Waals surface area contributed by atoms with Crippen molar-refractivity contribution < 1.29 is 4.74 Å². The molecule has 0 bridgehead atoms. The molecule has 0 radical (unpaired) electrons. The van der Waals surface area contributed by atoms with E-state index in [0.29, 0.717) is 0 Å². The van der Waals surface area contributed by atoms with Gasteiger partial charge in [0, 0.05) is 11.6 Å². The van der Waals surface area contributed by atoms with Crippen LogP contribution in [0.25, 0.3) is 0 Å². The molecule has 0 fully saturated rings. The van der Waals surface area contributed by atoms with Gasteiger partial charge in [0.15, 0.2) is 0 Å². The van der Waals surface area contributed by atoms with Gasteiger partial charge in [-0.25, -0.2) is 0 Å². The van der Waals surface area contributed by atoms with Crippen LogP contribution in [-0.4, -0.2) is 6.54 Å². The van der Waals surface area contributed by atoms with Crippen LogP contribution in [0.5, 0.6) is 11.5 Å².